The molecule has 9 nitrogen and oxygen atoms in total. The van der Waals surface area contributed by atoms with Crippen LogP contribution in [0.4, 0.5) is 23.3 Å². The fraction of sp³-hybridized carbons (Fsp3) is 0.320. The second-order valence-electron chi connectivity index (χ2n) is 8.62. The van der Waals surface area contributed by atoms with Gasteiger partial charge >= 0.3 is 0 Å². The molecule has 0 unspecified atom stereocenters. The molecule has 3 heterocycles. The van der Waals surface area contributed by atoms with Gasteiger partial charge < -0.3 is 21.3 Å². The third-order valence-corrected chi connectivity index (χ3v) is 5.64. The molecular formula is C25H28N8O. The maximum atomic E-state index is 12.6. The lowest BCUT2D eigenvalue weighted by Gasteiger charge is -2.18. The Morgan fingerprint density at radius 2 is 2.03 bits per heavy atom. The van der Waals surface area contributed by atoms with Gasteiger partial charge in [0.2, 0.25) is 5.95 Å². The van der Waals surface area contributed by atoms with Gasteiger partial charge in [-0.3, -0.25) is 4.79 Å². The second-order valence-corrected chi connectivity index (χ2v) is 8.62. The second kappa shape index (κ2) is 9.85. The number of aromatic nitrogens is 3. The monoisotopic (exact) mass is 456 g/mol. The molecule has 1 amide bonds. The molecule has 3 aromatic rings. The van der Waals surface area contributed by atoms with Crippen molar-refractivity contribution in [1.29, 1.82) is 5.26 Å². The van der Waals surface area contributed by atoms with Crippen LogP contribution in [0.5, 0.6) is 0 Å². The average Bonchev–Trinajstić information content (AvgIpc) is 2.84. The van der Waals surface area contributed by atoms with E-state index >= 15 is 0 Å². The topological polar surface area (TPSA) is 128 Å². The molecule has 1 aliphatic rings. The highest BCUT2D eigenvalue weighted by Gasteiger charge is 2.22. The first-order valence-corrected chi connectivity index (χ1v) is 11.3. The van der Waals surface area contributed by atoms with Gasteiger partial charge in [-0.2, -0.15) is 10.2 Å². The van der Waals surface area contributed by atoms with E-state index in [-0.39, 0.29) is 5.91 Å². The van der Waals surface area contributed by atoms with Gasteiger partial charge in [-0.15, -0.1) is 0 Å². The number of benzene rings is 1. The largest absolute Gasteiger partial charge is 0.352 e. The summed E-state index contributed by atoms with van der Waals surface area (Å²) in [6, 6.07) is 13.9. The summed E-state index contributed by atoms with van der Waals surface area (Å²) in [7, 11) is 0. The molecule has 9 heteroatoms. The number of nitriles is 1. The molecule has 0 aliphatic carbocycles. The standard InChI is InChI=1S/C25H28N8O/c1-4-28-23(34)19-14-29-24(30-18-9-8-16-10-11-27-13-17(16)12-18)33-22(19)32-21-7-5-6-20(31-21)25(2,3)15-26/h5-9,12,14,27H,4,10-11,13H2,1-3H3,(H,28,34)(H2,29,30,31,32,33). The van der Waals surface area contributed by atoms with Crippen molar-refractivity contribution >= 4 is 29.2 Å². The number of nitrogens with one attached hydrogen (secondary N) is 4. The number of fused-ring (bicyclic) bond motifs is 1. The summed E-state index contributed by atoms with van der Waals surface area (Å²) in [4.78, 5) is 26.1. The minimum Gasteiger partial charge on any atom is -0.352 e. The average molecular weight is 457 g/mol. The van der Waals surface area contributed by atoms with Crippen LogP contribution in [0.25, 0.3) is 0 Å². The Bertz CT molecular complexity index is 1250. The van der Waals surface area contributed by atoms with Crippen LogP contribution in [0.15, 0.2) is 42.6 Å². The van der Waals surface area contributed by atoms with Crippen molar-refractivity contribution in [2.75, 3.05) is 23.7 Å². The van der Waals surface area contributed by atoms with Gasteiger partial charge in [-0.25, -0.2) is 9.97 Å². The number of nitrogens with zero attached hydrogens (tertiary/aromatic N) is 4. The van der Waals surface area contributed by atoms with Crippen LogP contribution in [0, 0.1) is 11.3 Å². The van der Waals surface area contributed by atoms with Crippen LogP contribution in [-0.2, 0) is 18.4 Å². The minimum absolute atomic E-state index is 0.287. The first kappa shape index (κ1) is 23.1. The van der Waals surface area contributed by atoms with Gasteiger partial charge in [0.25, 0.3) is 5.91 Å². The lowest BCUT2D eigenvalue weighted by Crippen LogP contribution is -2.24. The minimum atomic E-state index is -0.750. The molecule has 0 spiro atoms. The normalized spacial score (nSPS) is 12.9. The van der Waals surface area contributed by atoms with Gasteiger partial charge in [0, 0.05) is 25.0 Å². The molecule has 1 aromatic carbocycles. The van der Waals surface area contributed by atoms with E-state index in [0.717, 1.165) is 25.2 Å². The number of amides is 1. The number of pyridine rings is 1. The van der Waals surface area contributed by atoms with E-state index in [0.29, 0.717) is 35.4 Å². The molecule has 0 fully saturated rings. The molecule has 4 N–H and O–H groups in total. The van der Waals surface area contributed by atoms with Gasteiger partial charge in [0.1, 0.15) is 17.2 Å². The zero-order valence-electron chi connectivity index (χ0n) is 19.6. The Morgan fingerprint density at radius 3 is 2.82 bits per heavy atom. The summed E-state index contributed by atoms with van der Waals surface area (Å²) in [5.41, 5.74) is 3.62. The van der Waals surface area contributed by atoms with E-state index < -0.39 is 5.41 Å². The lowest BCUT2D eigenvalue weighted by molar-refractivity contribution is 0.0956. The maximum Gasteiger partial charge on any atom is 0.256 e. The van der Waals surface area contributed by atoms with Crippen molar-refractivity contribution < 1.29 is 4.79 Å². The molecule has 0 saturated carbocycles. The maximum absolute atomic E-state index is 12.6. The van der Waals surface area contributed by atoms with Crippen molar-refractivity contribution in [1.82, 2.24) is 25.6 Å². The van der Waals surface area contributed by atoms with Crippen LogP contribution >= 0.6 is 0 Å². The first-order chi connectivity index (χ1) is 16.4. The fourth-order valence-corrected chi connectivity index (χ4v) is 3.68. The summed E-state index contributed by atoms with van der Waals surface area (Å²) in [5, 5.41) is 22.0. The predicted molar refractivity (Wildman–Crippen MR) is 131 cm³/mol. The van der Waals surface area contributed by atoms with Crippen LogP contribution in [0.1, 0.15) is 48.0 Å². The first-order valence-electron chi connectivity index (χ1n) is 11.3. The van der Waals surface area contributed by atoms with E-state index in [4.69, 9.17) is 0 Å². The zero-order chi connectivity index (χ0) is 24.1. The fourth-order valence-electron chi connectivity index (χ4n) is 3.68. The Hall–Kier alpha value is -4.03. The van der Waals surface area contributed by atoms with Crippen molar-refractivity contribution in [3.63, 3.8) is 0 Å². The van der Waals surface area contributed by atoms with Crippen LogP contribution in [0.3, 0.4) is 0 Å². The van der Waals surface area contributed by atoms with Crippen molar-refractivity contribution in [3.8, 4) is 6.07 Å². The number of anilines is 4. The number of hydrogen-bond acceptors (Lipinski definition) is 8. The van der Waals surface area contributed by atoms with Crippen LogP contribution < -0.4 is 21.3 Å². The van der Waals surface area contributed by atoms with Crippen molar-refractivity contribution in [3.05, 3.63) is 65.0 Å². The highest BCUT2D eigenvalue weighted by molar-refractivity contribution is 5.99. The van der Waals surface area contributed by atoms with E-state index in [9.17, 15) is 10.1 Å². The Kier molecular flexibility index (Phi) is 6.70. The zero-order valence-corrected chi connectivity index (χ0v) is 19.6. The Morgan fingerprint density at radius 1 is 1.18 bits per heavy atom. The number of carbonyl (C=O) groups is 1. The summed E-state index contributed by atoms with van der Waals surface area (Å²) >= 11 is 0. The summed E-state index contributed by atoms with van der Waals surface area (Å²) in [6.45, 7) is 7.75. The van der Waals surface area contributed by atoms with E-state index in [1.165, 1.54) is 17.3 Å². The SMILES string of the molecule is CCNC(=O)c1cnc(Nc2ccc3c(c2)CNCC3)nc1Nc1cccc(C(C)(C)C#N)n1. The van der Waals surface area contributed by atoms with E-state index in [2.05, 4.69) is 54.4 Å². The lowest BCUT2D eigenvalue weighted by atomic mass is 9.91. The summed E-state index contributed by atoms with van der Waals surface area (Å²) in [5.74, 6) is 0.871. The molecule has 34 heavy (non-hydrogen) atoms. The number of rotatable bonds is 7. The Labute approximate surface area is 199 Å². The quantitative estimate of drug-likeness (QED) is 0.425. The highest BCUT2D eigenvalue weighted by atomic mass is 16.1. The van der Waals surface area contributed by atoms with Crippen molar-refractivity contribution in [2.45, 2.75) is 39.2 Å². The molecule has 2 aromatic heterocycles. The molecule has 174 valence electrons. The molecule has 0 bridgehead atoms. The highest BCUT2D eigenvalue weighted by Crippen LogP contribution is 2.25. The third kappa shape index (κ3) is 5.13. The Balaban J connectivity index is 1.65. The molecule has 0 saturated heterocycles. The molecule has 0 radical (unpaired) electrons. The molecule has 0 atom stereocenters. The third-order valence-electron chi connectivity index (χ3n) is 5.64. The van der Waals surface area contributed by atoms with Gasteiger partial charge in [0.05, 0.1) is 17.2 Å². The number of carbonyl (C=O) groups excluding carboxylic acids is 1. The van der Waals surface area contributed by atoms with Crippen LogP contribution in [-0.4, -0.2) is 33.9 Å². The summed E-state index contributed by atoms with van der Waals surface area (Å²) < 4.78 is 0. The van der Waals surface area contributed by atoms with Gasteiger partial charge in [0.15, 0.2) is 0 Å². The molecule has 1 aliphatic heterocycles. The molecular weight excluding hydrogens is 428 g/mol. The van der Waals surface area contributed by atoms with Gasteiger partial charge in [-0.1, -0.05) is 12.1 Å². The van der Waals surface area contributed by atoms with Crippen molar-refractivity contribution in [2.24, 2.45) is 0 Å². The number of hydrogen-bond donors (Lipinski definition) is 4. The van der Waals surface area contributed by atoms with E-state index in [1.54, 1.807) is 26.0 Å². The molecule has 4 rings (SSSR count). The van der Waals surface area contributed by atoms with Gasteiger partial charge in [-0.05, 0) is 69.1 Å². The van der Waals surface area contributed by atoms with E-state index in [1.807, 2.05) is 19.1 Å². The predicted octanol–water partition coefficient (Wildman–Crippen LogP) is 3.56. The van der Waals surface area contributed by atoms with Crippen LogP contribution in [0.2, 0.25) is 0 Å². The smallest absolute Gasteiger partial charge is 0.256 e. The summed E-state index contributed by atoms with van der Waals surface area (Å²) in [6.07, 6.45) is 2.50.